The van der Waals surface area contributed by atoms with Gasteiger partial charge in [-0.25, -0.2) is 8.78 Å². The molecule has 1 aromatic carbocycles. The first kappa shape index (κ1) is 14.0. The number of rotatable bonds is 4. The number of methoxy groups -OCH3 is 1. The van der Waals surface area contributed by atoms with E-state index in [9.17, 15) is 13.6 Å². The Morgan fingerprint density at radius 1 is 1.59 bits per heavy atom. The van der Waals surface area contributed by atoms with E-state index >= 15 is 0 Å². The zero-order chi connectivity index (χ0) is 13.0. The third-order valence-corrected chi connectivity index (χ3v) is 2.56. The SMILES string of the molecule is COCC(N)C(=O)Nc1c(F)cc(F)cc1Br. The number of halogens is 3. The predicted octanol–water partition coefficient (Wildman–Crippen LogP) is 1.64. The van der Waals surface area contributed by atoms with Crippen LogP contribution in [0.5, 0.6) is 0 Å². The number of hydrogen-bond acceptors (Lipinski definition) is 3. The van der Waals surface area contributed by atoms with Crippen LogP contribution < -0.4 is 11.1 Å². The summed E-state index contributed by atoms with van der Waals surface area (Å²) < 4.78 is 31.0. The maximum atomic E-state index is 13.4. The first-order chi connectivity index (χ1) is 7.95. The van der Waals surface area contributed by atoms with Crippen LogP contribution in [0.1, 0.15) is 0 Å². The summed E-state index contributed by atoms with van der Waals surface area (Å²) in [5, 5.41) is 2.26. The van der Waals surface area contributed by atoms with Crippen LogP contribution in [0.15, 0.2) is 16.6 Å². The Morgan fingerprint density at radius 2 is 2.24 bits per heavy atom. The fourth-order valence-corrected chi connectivity index (χ4v) is 1.64. The Labute approximate surface area is 105 Å². The minimum Gasteiger partial charge on any atom is -0.383 e. The minimum atomic E-state index is -0.920. The summed E-state index contributed by atoms with van der Waals surface area (Å²) in [7, 11) is 1.39. The zero-order valence-corrected chi connectivity index (χ0v) is 10.6. The van der Waals surface area contributed by atoms with Crippen LogP contribution in [0.4, 0.5) is 14.5 Å². The Balaban J connectivity index is 2.85. The molecular formula is C10H11BrF2N2O2. The molecule has 1 amide bonds. The van der Waals surface area contributed by atoms with Crippen molar-refractivity contribution in [1.29, 1.82) is 0 Å². The van der Waals surface area contributed by atoms with Gasteiger partial charge in [0.25, 0.3) is 0 Å². The van der Waals surface area contributed by atoms with Crippen LogP contribution in [0, 0.1) is 11.6 Å². The number of nitrogens with two attached hydrogens (primary N) is 1. The summed E-state index contributed by atoms with van der Waals surface area (Å²) in [4.78, 5) is 11.5. The molecule has 0 aliphatic rings. The lowest BCUT2D eigenvalue weighted by Crippen LogP contribution is -2.39. The zero-order valence-electron chi connectivity index (χ0n) is 8.97. The summed E-state index contributed by atoms with van der Waals surface area (Å²) in [5.74, 6) is -2.23. The number of carbonyl (C=O) groups excluding carboxylic acids is 1. The van der Waals surface area contributed by atoms with Crippen LogP contribution in [0.3, 0.4) is 0 Å². The lowest BCUT2D eigenvalue weighted by atomic mass is 10.2. The van der Waals surface area contributed by atoms with E-state index in [1.165, 1.54) is 7.11 Å². The van der Waals surface area contributed by atoms with E-state index < -0.39 is 23.6 Å². The van der Waals surface area contributed by atoms with Gasteiger partial charge in [0.2, 0.25) is 5.91 Å². The van der Waals surface area contributed by atoms with Crippen molar-refractivity contribution < 1.29 is 18.3 Å². The number of amides is 1. The molecule has 0 aliphatic heterocycles. The normalized spacial score (nSPS) is 12.3. The monoisotopic (exact) mass is 308 g/mol. The highest BCUT2D eigenvalue weighted by Gasteiger charge is 2.17. The standard InChI is InChI=1S/C10H11BrF2N2O2/c1-17-4-8(14)10(16)15-9-6(11)2-5(12)3-7(9)13/h2-3,8H,4,14H2,1H3,(H,15,16). The lowest BCUT2D eigenvalue weighted by molar-refractivity contribution is -0.118. The fraction of sp³-hybridized carbons (Fsp3) is 0.300. The summed E-state index contributed by atoms with van der Waals surface area (Å²) in [6.45, 7) is 0.00622. The first-order valence-corrected chi connectivity index (χ1v) is 5.45. The molecule has 4 nitrogen and oxygen atoms in total. The number of anilines is 1. The molecule has 0 saturated heterocycles. The summed E-state index contributed by atoms with van der Waals surface area (Å²) in [6.07, 6.45) is 0. The van der Waals surface area contributed by atoms with Crippen molar-refractivity contribution in [1.82, 2.24) is 0 Å². The molecule has 0 spiro atoms. The molecule has 17 heavy (non-hydrogen) atoms. The van der Waals surface area contributed by atoms with Gasteiger partial charge in [-0.1, -0.05) is 0 Å². The summed E-state index contributed by atoms with van der Waals surface area (Å²) in [5.41, 5.74) is 5.31. The van der Waals surface area contributed by atoms with Crippen molar-refractivity contribution in [3.63, 3.8) is 0 Å². The molecule has 1 atom stereocenters. The average Bonchev–Trinajstić information content (AvgIpc) is 2.23. The summed E-state index contributed by atoms with van der Waals surface area (Å²) in [6, 6.07) is 0.791. The van der Waals surface area contributed by atoms with Crippen LogP contribution in [-0.4, -0.2) is 25.7 Å². The van der Waals surface area contributed by atoms with Gasteiger partial charge < -0.3 is 15.8 Å². The largest absolute Gasteiger partial charge is 0.383 e. The van der Waals surface area contributed by atoms with E-state index in [-0.39, 0.29) is 16.8 Å². The second kappa shape index (κ2) is 6.04. The van der Waals surface area contributed by atoms with Gasteiger partial charge in [-0.15, -0.1) is 0 Å². The molecule has 94 valence electrons. The topological polar surface area (TPSA) is 64.3 Å². The van der Waals surface area contributed by atoms with E-state index in [0.717, 1.165) is 6.07 Å². The van der Waals surface area contributed by atoms with Crippen LogP contribution in [0.2, 0.25) is 0 Å². The fourth-order valence-electron chi connectivity index (χ4n) is 1.13. The van der Waals surface area contributed by atoms with Crippen molar-refractivity contribution in [2.24, 2.45) is 5.73 Å². The highest BCUT2D eigenvalue weighted by Crippen LogP contribution is 2.26. The van der Waals surface area contributed by atoms with Crippen molar-refractivity contribution in [3.05, 3.63) is 28.2 Å². The second-order valence-corrected chi connectivity index (χ2v) is 4.15. The Kier molecular flexibility index (Phi) is 4.98. The van der Waals surface area contributed by atoms with Crippen LogP contribution in [-0.2, 0) is 9.53 Å². The Bertz CT molecular complexity index is 406. The van der Waals surface area contributed by atoms with Crippen molar-refractivity contribution in [3.8, 4) is 0 Å². The predicted molar refractivity (Wildman–Crippen MR) is 62.5 cm³/mol. The number of hydrogen-bond donors (Lipinski definition) is 2. The molecule has 7 heteroatoms. The van der Waals surface area contributed by atoms with Crippen molar-refractivity contribution in [2.75, 3.05) is 19.0 Å². The molecular weight excluding hydrogens is 298 g/mol. The molecule has 0 bridgehead atoms. The molecule has 0 radical (unpaired) electrons. The van der Waals surface area contributed by atoms with Gasteiger partial charge in [0.05, 0.1) is 12.3 Å². The number of carbonyl (C=O) groups is 1. The molecule has 0 heterocycles. The van der Waals surface area contributed by atoms with E-state index in [1.54, 1.807) is 0 Å². The molecule has 0 saturated carbocycles. The molecule has 3 N–H and O–H groups in total. The van der Waals surface area contributed by atoms with Gasteiger partial charge in [0, 0.05) is 17.6 Å². The highest BCUT2D eigenvalue weighted by molar-refractivity contribution is 9.10. The molecule has 0 aromatic heterocycles. The third kappa shape index (κ3) is 3.72. The van der Waals surface area contributed by atoms with Crippen molar-refractivity contribution >= 4 is 27.5 Å². The highest BCUT2D eigenvalue weighted by atomic mass is 79.9. The van der Waals surface area contributed by atoms with Crippen LogP contribution in [0.25, 0.3) is 0 Å². The van der Waals surface area contributed by atoms with E-state index in [2.05, 4.69) is 21.2 Å². The van der Waals surface area contributed by atoms with E-state index in [1.807, 2.05) is 0 Å². The maximum Gasteiger partial charge on any atom is 0.243 e. The number of benzene rings is 1. The average molecular weight is 309 g/mol. The molecule has 1 unspecified atom stereocenters. The van der Waals surface area contributed by atoms with E-state index in [4.69, 9.17) is 10.5 Å². The first-order valence-electron chi connectivity index (χ1n) is 4.65. The molecule has 1 aromatic rings. The molecule has 0 fully saturated rings. The Morgan fingerprint density at radius 3 is 2.76 bits per heavy atom. The lowest BCUT2D eigenvalue weighted by Gasteiger charge is -2.13. The minimum absolute atomic E-state index is 0.00622. The quantitative estimate of drug-likeness (QED) is 0.889. The van der Waals surface area contributed by atoms with E-state index in [0.29, 0.717) is 6.07 Å². The second-order valence-electron chi connectivity index (χ2n) is 3.30. The maximum absolute atomic E-state index is 13.4. The number of nitrogens with one attached hydrogen (secondary N) is 1. The smallest absolute Gasteiger partial charge is 0.243 e. The third-order valence-electron chi connectivity index (χ3n) is 1.94. The van der Waals surface area contributed by atoms with Gasteiger partial charge in [-0.05, 0) is 22.0 Å². The van der Waals surface area contributed by atoms with Gasteiger partial charge >= 0.3 is 0 Å². The van der Waals surface area contributed by atoms with Gasteiger partial charge in [0.1, 0.15) is 11.9 Å². The Hall–Kier alpha value is -1.05. The van der Waals surface area contributed by atoms with Crippen molar-refractivity contribution in [2.45, 2.75) is 6.04 Å². The summed E-state index contributed by atoms with van der Waals surface area (Å²) >= 11 is 2.95. The van der Waals surface area contributed by atoms with Gasteiger partial charge in [-0.2, -0.15) is 0 Å². The molecule has 0 aliphatic carbocycles. The van der Waals surface area contributed by atoms with Gasteiger partial charge in [0.15, 0.2) is 5.82 Å². The number of ether oxygens (including phenoxy) is 1. The van der Waals surface area contributed by atoms with Crippen LogP contribution >= 0.6 is 15.9 Å². The molecule has 1 rings (SSSR count). The van der Waals surface area contributed by atoms with Gasteiger partial charge in [-0.3, -0.25) is 4.79 Å².